The minimum absolute atomic E-state index is 0.0440. The van der Waals surface area contributed by atoms with Crippen LogP contribution in [0.25, 0.3) is 0 Å². The summed E-state index contributed by atoms with van der Waals surface area (Å²) in [6, 6.07) is 2.91. The Morgan fingerprint density at radius 1 is 1.48 bits per heavy atom. The van der Waals surface area contributed by atoms with Crippen molar-refractivity contribution in [3.63, 3.8) is 0 Å². The van der Waals surface area contributed by atoms with E-state index in [1.165, 1.54) is 25.7 Å². The predicted octanol–water partition coefficient (Wildman–Crippen LogP) is 1.01. The van der Waals surface area contributed by atoms with Crippen molar-refractivity contribution in [1.82, 2.24) is 14.7 Å². The fraction of sp³-hybridized carbons (Fsp3) is 0.250. The van der Waals surface area contributed by atoms with Crippen LogP contribution in [0.3, 0.4) is 0 Å². The quantitative estimate of drug-likeness (QED) is 0.732. The molecular formula is C12H15ClN4O3S. The van der Waals surface area contributed by atoms with Crippen LogP contribution in [0.15, 0.2) is 29.6 Å². The lowest BCUT2D eigenvalue weighted by Gasteiger charge is -2.14. The number of nitrogens with two attached hydrogens (primary N) is 1. The van der Waals surface area contributed by atoms with Crippen molar-refractivity contribution >= 4 is 21.6 Å². The van der Waals surface area contributed by atoms with E-state index in [0.29, 0.717) is 11.3 Å². The largest absolute Gasteiger partial charge is 0.495 e. The van der Waals surface area contributed by atoms with Gasteiger partial charge in [-0.3, -0.25) is 0 Å². The molecule has 0 spiro atoms. The highest BCUT2D eigenvalue weighted by atomic mass is 35.5. The molecule has 0 saturated heterocycles. The third-order valence-corrected chi connectivity index (χ3v) is 4.44. The van der Waals surface area contributed by atoms with Gasteiger partial charge in [0.1, 0.15) is 10.6 Å². The van der Waals surface area contributed by atoms with Crippen molar-refractivity contribution in [2.75, 3.05) is 7.11 Å². The zero-order chi connectivity index (χ0) is 15.5. The SMILES string of the molecule is COc1c(CN)cc(Cl)cc1S(=O)(=O)NCc1cnc[nH]1. The van der Waals surface area contributed by atoms with Crippen LogP contribution in [0.5, 0.6) is 5.75 Å². The summed E-state index contributed by atoms with van der Waals surface area (Å²) in [5.41, 5.74) is 6.75. The van der Waals surface area contributed by atoms with Gasteiger partial charge in [0.25, 0.3) is 0 Å². The van der Waals surface area contributed by atoms with Gasteiger partial charge in [0.05, 0.1) is 20.0 Å². The minimum Gasteiger partial charge on any atom is -0.495 e. The Morgan fingerprint density at radius 2 is 2.24 bits per heavy atom. The van der Waals surface area contributed by atoms with Crippen molar-refractivity contribution in [3.05, 3.63) is 40.9 Å². The molecule has 0 aliphatic rings. The van der Waals surface area contributed by atoms with Gasteiger partial charge in [-0.25, -0.2) is 18.1 Å². The van der Waals surface area contributed by atoms with Gasteiger partial charge in [0, 0.05) is 29.0 Å². The highest BCUT2D eigenvalue weighted by molar-refractivity contribution is 7.89. The molecule has 0 saturated carbocycles. The molecule has 1 heterocycles. The summed E-state index contributed by atoms with van der Waals surface area (Å²) in [6.07, 6.45) is 3.00. The fourth-order valence-electron chi connectivity index (χ4n) is 1.84. The van der Waals surface area contributed by atoms with Gasteiger partial charge in [-0.2, -0.15) is 0 Å². The first-order valence-corrected chi connectivity index (χ1v) is 7.87. The number of rotatable bonds is 6. The second kappa shape index (κ2) is 6.44. The number of methoxy groups -OCH3 is 1. The zero-order valence-electron chi connectivity index (χ0n) is 11.3. The summed E-state index contributed by atoms with van der Waals surface area (Å²) < 4.78 is 32.4. The van der Waals surface area contributed by atoms with Crippen molar-refractivity contribution < 1.29 is 13.2 Å². The Labute approximate surface area is 127 Å². The lowest BCUT2D eigenvalue weighted by Crippen LogP contribution is -2.24. The summed E-state index contributed by atoms with van der Waals surface area (Å²) in [6.45, 7) is 0.197. The molecule has 0 atom stereocenters. The lowest BCUT2D eigenvalue weighted by molar-refractivity contribution is 0.397. The molecular weight excluding hydrogens is 316 g/mol. The van der Waals surface area contributed by atoms with Crippen molar-refractivity contribution in [2.45, 2.75) is 18.0 Å². The Morgan fingerprint density at radius 3 is 2.81 bits per heavy atom. The van der Waals surface area contributed by atoms with Gasteiger partial charge < -0.3 is 15.5 Å². The van der Waals surface area contributed by atoms with E-state index in [-0.39, 0.29) is 28.8 Å². The van der Waals surface area contributed by atoms with Crippen molar-refractivity contribution in [2.24, 2.45) is 5.73 Å². The maximum Gasteiger partial charge on any atom is 0.244 e. The molecule has 2 aromatic rings. The summed E-state index contributed by atoms with van der Waals surface area (Å²) in [7, 11) is -2.41. The van der Waals surface area contributed by atoms with E-state index in [0.717, 1.165) is 0 Å². The number of sulfonamides is 1. The lowest BCUT2D eigenvalue weighted by atomic mass is 10.2. The molecule has 4 N–H and O–H groups in total. The van der Waals surface area contributed by atoms with Crippen LogP contribution in [-0.2, 0) is 23.1 Å². The summed E-state index contributed by atoms with van der Waals surface area (Å²) in [4.78, 5) is 6.58. The third kappa shape index (κ3) is 3.53. The second-order valence-electron chi connectivity index (χ2n) is 4.20. The zero-order valence-corrected chi connectivity index (χ0v) is 12.8. The Hall–Kier alpha value is -1.61. The van der Waals surface area contributed by atoms with Gasteiger partial charge in [-0.1, -0.05) is 11.6 Å². The van der Waals surface area contributed by atoms with Crippen LogP contribution in [0, 0.1) is 0 Å². The first-order chi connectivity index (χ1) is 9.97. The van der Waals surface area contributed by atoms with E-state index >= 15 is 0 Å². The second-order valence-corrected chi connectivity index (χ2v) is 6.37. The molecule has 9 heteroatoms. The highest BCUT2D eigenvalue weighted by Gasteiger charge is 2.22. The van der Waals surface area contributed by atoms with E-state index in [9.17, 15) is 8.42 Å². The molecule has 0 amide bonds. The molecule has 2 rings (SSSR count). The van der Waals surface area contributed by atoms with Crippen LogP contribution in [0.2, 0.25) is 5.02 Å². The summed E-state index contributed by atoms with van der Waals surface area (Å²) in [5, 5.41) is 0.276. The van der Waals surface area contributed by atoms with E-state index in [2.05, 4.69) is 14.7 Å². The van der Waals surface area contributed by atoms with E-state index in [1.54, 1.807) is 6.07 Å². The molecule has 0 unspecified atom stereocenters. The average Bonchev–Trinajstić information content (AvgIpc) is 2.97. The molecule has 0 bridgehead atoms. The van der Waals surface area contributed by atoms with Crippen molar-refractivity contribution in [3.8, 4) is 5.75 Å². The third-order valence-electron chi connectivity index (χ3n) is 2.82. The van der Waals surface area contributed by atoms with Gasteiger partial charge in [-0.15, -0.1) is 0 Å². The number of hydrogen-bond acceptors (Lipinski definition) is 5. The minimum atomic E-state index is -3.80. The van der Waals surface area contributed by atoms with Crippen molar-refractivity contribution in [1.29, 1.82) is 0 Å². The highest BCUT2D eigenvalue weighted by Crippen LogP contribution is 2.31. The monoisotopic (exact) mass is 330 g/mol. The Balaban J connectivity index is 2.36. The number of benzene rings is 1. The van der Waals surface area contributed by atoms with Crippen LogP contribution < -0.4 is 15.2 Å². The normalized spacial score (nSPS) is 11.6. The fourth-order valence-corrected chi connectivity index (χ4v) is 3.38. The first-order valence-electron chi connectivity index (χ1n) is 6.01. The number of nitrogens with zero attached hydrogens (tertiary/aromatic N) is 1. The van der Waals surface area contributed by atoms with E-state index < -0.39 is 10.0 Å². The number of imidazole rings is 1. The predicted molar refractivity (Wildman–Crippen MR) is 78.5 cm³/mol. The maximum absolute atomic E-state index is 12.4. The van der Waals surface area contributed by atoms with Gasteiger partial charge in [0.2, 0.25) is 10.0 Å². The van der Waals surface area contributed by atoms with Crippen LogP contribution >= 0.6 is 11.6 Å². The molecule has 114 valence electrons. The number of nitrogens with one attached hydrogen (secondary N) is 2. The topological polar surface area (TPSA) is 110 Å². The number of halogens is 1. The molecule has 7 nitrogen and oxygen atoms in total. The molecule has 0 fully saturated rings. The molecule has 1 aromatic heterocycles. The van der Waals surface area contributed by atoms with E-state index in [4.69, 9.17) is 22.1 Å². The van der Waals surface area contributed by atoms with Gasteiger partial charge in [-0.05, 0) is 12.1 Å². The number of H-pyrrole nitrogens is 1. The Bertz CT molecular complexity index is 716. The molecule has 1 aromatic carbocycles. The van der Waals surface area contributed by atoms with Crippen LogP contribution in [0.1, 0.15) is 11.3 Å². The Kier molecular flexibility index (Phi) is 4.84. The first kappa shape index (κ1) is 15.8. The van der Waals surface area contributed by atoms with E-state index in [1.807, 2.05) is 0 Å². The molecule has 21 heavy (non-hydrogen) atoms. The number of aromatic nitrogens is 2. The number of ether oxygens (including phenoxy) is 1. The summed E-state index contributed by atoms with van der Waals surface area (Å²) >= 11 is 5.94. The smallest absolute Gasteiger partial charge is 0.244 e. The molecule has 0 radical (unpaired) electrons. The average molecular weight is 331 g/mol. The maximum atomic E-state index is 12.4. The molecule has 0 aliphatic heterocycles. The van der Waals surface area contributed by atoms with Gasteiger partial charge in [0.15, 0.2) is 0 Å². The molecule has 0 aliphatic carbocycles. The van der Waals surface area contributed by atoms with Crippen LogP contribution in [0.4, 0.5) is 0 Å². The number of aromatic amines is 1. The number of hydrogen-bond donors (Lipinski definition) is 3. The van der Waals surface area contributed by atoms with Gasteiger partial charge >= 0.3 is 0 Å². The summed E-state index contributed by atoms with van der Waals surface area (Å²) in [5.74, 6) is 0.194. The van der Waals surface area contributed by atoms with Crippen LogP contribution in [-0.4, -0.2) is 25.5 Å². The standard InChI is InChI=1S/C12H15ClN4O3S/c1-20-12-8(4-14)2-9(13)3-11(12)21(18,19)17-6-10-5-15-7-16-10/h2-3,5,7,17H,4,6,14H2,1H3,(H,15,16).